The number of thioether (sulfide) groups is 1. The number of aromatic nitrogens is 2. The van der Waals surface area contributed by atoms with Gasteiger partial charge in [0.15, 0.2) is 5.82 Å². The summed E-state index contributed by atoms with van der Waals surface area (Å²) in [6.07, 6.45) is 3.33. The van der Waals surface area contributed by atoms with Gasteiger partial charge in [0.05, 0.1) is 12.0 Å². The zero-order chi connectivity index (χ0) is 12.4. The number of rotatable bonds is 4. The van der Waals surface area contributed by atoms with Crippen molar-refractivity contribution in [1.29, 1.82) is 0 Å². The molecule has 0 bridgehead atoms. The summed E-state index contributed by atoms with van der Waals surface area (Å²) in [5.41, 5.74) is 0. The Morgan fingerprint density at radius 2 is 2.39 bits per heavy atom. The van der Waals surface area contributed by atoms with E-state index in [1.54, 1.807) is 0 Å². The van der Waals surface area contributed by atoms with Crippen molar-refractivity contribution in [2.75, 3.05) is 25.2 Å². The Morgan fingerprint density at radius 3 is 3.17 bits per heavy atom. The molecule has 2 fully saturated rings. The highest BCUT2D eigenvalue weighted by atomic mass is 32.2. The van der Waals surface area contributed by atoms with Crippen LogP contribution in [0.15, 0.2) is 4.52 Å². The highest BCUT2D eigenvalue weighted by molar-refractivity contribution is 7.99. The zero-order valence-electron chi connectivity index (χ0n) is 10.6. The first-order valence-electron chi connectivity index (χ1n) is 6.56. The molecule has 3 atom stereocenters. The summed E-state index contributed by atoms with van der Waals surface area (Å²) in [6.45, 7) is 0.871. The van der Waals surface area contributed by atoms with Crippen LogP contribution in [0.3, 0.4) is 0 Å². The molecule has 5 nitrogen and oxygen atoms in total. The Balaban J connectivity index is 1.65. The van der Waals surface area contributed by atoms with Gasteiger partial charge >= 0.3 is 0 Å². The van der Waals surface area contributed by atoms with Crippen molar-refractivity contribution in [3.63, 3.8) is 0 Å². The van der Waals surface area contributed by atoms with Crippen LogP contribution in [0, 0.1) is 0 Å². The lowest BCUT2D eigenvalue weighted by atomic mass is 10.0. The first-order chi connectivity index (χ1) is 8.86. The van der Waals surface area contributed by atoms with Crippen molar-refractivity contribution in [3.05, 3.63) is 11.7 Å². The van der Waals surface area contributed by atoms with Gasteiger partial charge in [0.2, 0.25) is 5.89 Å². The first kappa shape index (κ1) is 12.4. The third kappa shape index (κ3) is 2.55. The monoisotopic (exact) mass is 269 g/mol. The van der Waals surface area contributed by atoms with Gasteiger partial charge in [-0.05, 0) is 19.9 Å². The second-order valence-electron chi connectivity index (χ2n) is 4.93. The van der Waals surface area contributed by atoms with Crippen LogP contribution in [0.2, 0.25) is 0 Å². The fourth-order valence-electron chi connectivity index (χ4n) is 2.59. The minimum atomic E-state index is 0.286. The maximum Gasteiger partial charge on any atom is 0.232 e. The normalized spacial score (nSPS) is 32.2. The van der Waals surface area contributed by atoms with Crippen LogP contribution in [-0.2, 0) is 11.2 Å². The lowest BCUT2D eigenvalue weighted by molar-refractivity contribution is 0.109. The van der Waals surface area contributed by atoms with Crippen molar-refractivity contribution in [2.24, 2.45) is 0 Å². The Bertz CT molecular complexity index is 392. The third-order valence-corrected chi connectivity index (χ3v) is 4.88. The highest BCUT2D eigenvalue weighted by Crippen LogP contribution is 2.31. The molecule has 0 radical (unpaired) electrons. The number of likely N-dealkylation sites (N-methyl/N-ethyl adjacent to an activating group) is 1. The topological polar surface area (TPSA) is 60.2 Å². The molecule has 1 aromatic rings. The molecule has 6 heteroatoms. The van der Waals surface area contributed by atoms with Gasteiger partial charge in [0.25, 0.3) is 0 Å². The largest absolute Gasteiger partial charge is 0.378 e. The molecule has 3 heterocycles. The smallest absolute Gasteiger partial charge is 0.232 e. The van der Waals surface area contributed by atoms with Gasteiger partial charge in [0.1, 0.15) is 0 Å². The van der Waals surface area contributed by atoms with Crippen molar-refractivity contribution in [3.8, 4) is 0 Å². The van der Waals surface area contributed by atoms with E-state index in [4.69, 9.17) is 9.26 Å². The van der Waals surface area contributed by atoms with Crippen LogP contribution in [0.1, 0.15) is 30.5 Å². The predicted octanol–water partition coefficient (Wildman–Crippen LogP) is 1.21. The standard InChI is InChI=1S/C12H19N3O2S/c1-13-10-7-18-6-9(10)12-14-11(15-17-12)5-8-3-2-4-16-8/h8-10,13H,2-7H2,1H3. The van der Waals surface area contributed by atoms with Crippen molar-refractivity contribution in [1.82, 2.24) is 15.5 Å². The van der Waals surface area contributed by atoms with E-state index in [0.717, 1.165) is 49.1 Å². The minimum absolute atomic E-state index is 0.286. The van der Waals surface area contributed by atoms with Gasteiger partial charge in [-0.25, -0.2) is 0 Å². The Morgan fingerprint density at radius 1 is 1.44 bits per heavy atom. The number of nitrogens with one attached hydrogen (secondary N) is 1. The molecule has 0 aliphatic carbocycles. The molecule has 0 spiro atoms. The summed E-state index contributed by atoms with van der Waals surface area (Å²) in [5, 5.41) is 7.41. The van der Waals surface area contributed by atoms with Crippen molar-refractivity contribution in [2.45, 2.75) is 37.3 Å². The van der Waals surface area contributed by atoms with Crippen LogP contribution in [-0.4, -0.2) is 47.4 Å². The van der Waals surface area contributed by atoms with Crippen LogP contribution in [0.4, 0.5) is 0 Å². The van der Waals surface area contributed by atoms with Crippen LogP contribution >= 0.6 is 11.8 Å². The van der Waals surface area contributed by atoms with Crippen molar-refractivity contribution >= 4 is 11.8 Å². The summed E-state index contributed by atoms with van der Waals surface area (Å²) >= 11 is 1.94. The molecule has 0 aromatic carbocycles. The molecule has 100 valence electrons. The van der Waals surface area contributed by atoms with E-state index >= 15 is 0 Å². The molecule has 2 aliphatic rings. The summed E-state index contributed by atoms with van der Waals surface area (Å²) in [7, 11) is 1.99. The lowest BCUT2D eigenvalue weighted by Crippen LogP contribution is -2.31. The second-order valence-corrected chi connectivity index (χ2v) is 6.00. The van der Waals surface area contributed by atoms with E-state index in [0.29, 0.717) is 12.0 Å². The van der Waals surface area contributed by atoms with E-state index in [1.165, 1.54) is 0 Å². The van der Waals surface area contributed by atoms with Crippen molar-refractivity contribution < 1.29 is 9.26 Å². The molecular weight excluding hydrogens is 250 g/mol. The molecule has 2 aliphatic heterocycles. The molecule has 3 unspecified atom stereocenters. The van der Waals surface area contributed by atoms with Gasteiger partial charge in [-0.2, -0.15) is 16.7 Å². The van der Waals surface area contributed by atoms with Gasteiger partial charge in [-0.1, -0.05) is 5.16 Å². The Kier molecular flexibility index (Phi) is 3.86. The molecule has 18 heavy (non-hydrogen) atoms. The highest BCUT2D eigenvalue weighted by Gasteiger charge is 2.32. The summed E-state index contributed by atoms with van der Waals surface area (Å²) in [4.78, 5) is 4.54. The van der Waals surface area contributed by atoms with Crippen LogP contribution in [0.25, 0.3) is 0 Å². The van der Waals surface area contributed by atoms with Crippen LogP contribution in [0.5, 0.6) is 0 Å². The molecule has 0 saturated carbocycles. The van der Waals surface area contributed by atoms with E-state index in [2.05, 4.69) is 15.5 Å². The number of ether oxygens (including phenoxy) is 1. The van der Waals surface area contributed by atoms with Gasteiger partial charge in [-0.3, -0.25) is 0 Å². The molecular formula is C12H19N3O2S. The molecule has 2 saturated heterocycles. The quantitative estimate of drug-likeness (QED) is 0.886. The van der Waals surface area contributed by atoms with E-state index in [1.807, 2.05) is 18.8 Å². The lowest BCUT2D eigenvalue weighted by Gasteiger charge is -2.13. The predicted molar refractivity (Wildman–Crippen MR) is 69.9 cm³/mol. The average Bonchev–Trinajstić information content (AvgIpc) is 3.09. The molecule has 1 aromatic heterocycles. The Labute approximate surface area is 111 Å². The number of nitrogens with zero attached hydrogens (tertiary/aromatic N) is 2. The number of hydrogen-bond donors (Lipinski definition) is 1. The van der Waals surface area contributed by atoms with E-state index in [-0.39, 0.29) is 6.10 Å². The molecule has 0 amide bonds. The van der Waals surface area contributed by atoms with Crippen LogP contribution < -0.4 is 5.32 Å². The van der Waals surface area contributed by atoms with E-state index in [9.17, 15) is 0 Å². The Hall–Kier alpha value is -0.590. The van der Waals surface area contributed by atoms with Gasteiger partial charge in [0, 0.05) is 30.6 Å². The maximum atomic E-state index is 5.60. The SMILES string of the molecule is CNC1CSCC1c1nc(CC2CCCO2)no1. The molecule has 1 N–H and O–H groups in total. The fraction of sp³-hybridized carbons (Fsp3) is 0.833. The minimum Gasteiger partial charge on any atom is -0.378 e. The average molecular weight is 269 g/mol. The fourth-order valence-corrected chi connectivity index (χ4v) is 4.01. The number of hydrogen-bond acceptors (Lipinski definition) is 6. The third-order valence-electron chi connectivity index (χ3n) is 3.69. The summed E-state index contributed by atoms with van der Waals surface area (Å²) in [5.74, 6) is 4.11. The van der Waals surface area contributed by atoms with E-state index < -0.39 is 0 Å². The summed E-state index contributed by atoms with van der Waals surface area (Å²) in [6, 6.07) is 0.450. The molecule has 3 rings (SSSR count). The maximum absolute atomic E-state index is 5.60. The first-order valence-corrected chi connectivity index (χ1v) is 7.71. The second kappa shape index (κ2) is 5.59. The summed E-state index contributed by atoms with van der Waals surface area (Å²) < 4.78 is 11.0. The van der Waals surface area contributed by atoms with Gasteiger partial charge < -0.3 is 14.6 Å². The zero-order valence-corrected chi connectivity index (χ0v) is 11.4. The van der Waals surface area contributed by atoms with Gasteiger partial charge in [-0.15, -0.1) is 0 Å².